The van der Waals surface area contributed by atoms with Crippen molar-refractivity contribution in [1.29, 1.82) is 0 Å². The van der Waals surface area contributed by atoms with E-state index < -0.39 is 11.9 Å². The molecule has 0 spiro atoms. The second-order valence-electron chi connectivity index (χ2n) is 5.03. The summed E-state index contributed by atoms with van der Waals surface area (Å²) in [7, 11) is 0. The Morgan fingerprint density at radius 3 is 2.86 bits per heavy atom. The fraction of sp³-hybridized carbons (Fsp3) is 0.250. The summed E-state index contributed by atoms with van der Waals surface area (Å²) in [5, 5.41) is 0.0482. The molecule has 0 saturated carbocycles. The van der Waals surface area contributed by atoms with Gasteiger partial charge in [0, 0.05) is 10.0 Å². The Hall–Kier alpha value is -0.940. The van der Waals surface area contributed by atoms with Crippen molar-refractivity contribution in [3.05, 3.63) is 68.4 Å². The van der Waals surface area contributed by atoms with E-state index in [1.807, 2.05) is 18.2 Å². The molecule has 0 aliphatic carbocycles. The van der Waals surface area contributed by atoms with Gasteiger partial charge in [0.15, 0.2) is 0 Å². The van der Waals surface area contributed by atoms with Crippen LogP contribution in [0.15, 0.2) is 40.9 Å². The molecule has 2 aromatic rings. The van der Waals surface area contributed by atoms with Crippen molar-refractivity contribution in [1.82, 2.24) is 0 Å². The van der Waals surface area contributed by atoms with Crippen molar-refractivity contribution in [3.8, 4) is 0 Å². The Bertz CT molecular complexity index is 679. The number of halogens is 3. The lowest BCUT2D eigenvalue weighted by Crippen LogP contribution is -2.28. The van der Waals surface area contributed by atoms with Gasteiger partial charge in [-0.2, -0.15) is 0 Å². The molecule has 2 atom stereocenters. The standard InChI is InChI=1S/C16H14BrClFNO/c17-12-6-5-11(14(19)13(12)18)15(20)16-10-4-2-1-3-9(10)7-8-21-16/h1-6,15-16H,7-8,20H2. The van der Waals surface area contributed by atoms with Crippen LogP contribution in [0.2, 0.25) is 5.02 Å². The van der Waals surface area contributed by atoms with Gasteiger partial charge in [0.05, 0.1) is 17.7 Å². The second-order valence-corrected chi connectivity index (χ2v) is 6.26. The third-order valence-corrected chi connectivity index (χ3v) is 5.04. The highest BCUT2D eigenvalue weighted by atomic mass is 79.9. The summed E-state index contributed by atoms with van der Waals surface area (Å²) in [6.07, 6.45) is 0.491. The minimum Gasteiger partial charge on any atom is -0.371 e. The summed E-state index contributed by atoms with van der Waals surface area (Å²) in [6.45, 7) is 0.585. The molecule has 0 saturated heterocycles. The third-order valence-electron chi connectivity index (χ3n) is 3.78. The molecular weight excluding hydrogens is 357 g/mol. The van der Waals surface area contributed by atoms with Gasteiger partial charge in [0.2, 0.25) is 0 Å². The average Bonchev–Trinajstić information content (AvgIpc) is 2.51. The predicted octanol–water partition coefficient (Wildman–Crippen LogP) is 4.56. The van der Waals surface area contributed by atoms with Gasteiger partial charge in [-0.15, -0.1) is 0 Å². The van der Waals surface area contributed by atoms with Crippen molar-refractivity contribution < 1.29 is 9.13 Å². The van der Waals surface area contributed by atoms with E-state index in [9.17, 15) is 4.39 Å². The maximum absolute atomic E-state index is 14.3. The lowest BCUT2D eigenvalue weighted by Gasteiger charge is -2.31. The molecule has 1 aliphatic heterocycles. The minimum absolute atomic E-state index is 0.0482. The SMILES string of the molecule is NC(c1ccc(Br)c(Cl)c1F)C1OCCc2ccccc21. The molecule has 2 unspecified atom stereocenters. The van der Waals surface area contributed by atoms with E-state index in [4.69, 9.17) is 22.1 Å². The number of fused-ring (bicyclic) bond motifs is 1. The van der Waals surface area contributed by atoms with Crippen LogP contribution in [-0.2, 0) is 11.2 Å². The first-order chi connectivity index (χ1) is 10.1. The molecule has 21 heavy (non-hydrogen) atoms. The van der Waals surface area contributed by atoms with Crippen LogP contribution >= 0.6 is 27.5 Å². The highest BCUT2D eigenvalue weighted by Gasteiger charge is 2.29. The monoisotopic (exact) mass is 369 g/mol. The van der Waals surface area contributed by atoms with E-state index in [0.717, 1.165) is 12.0 Å². The van der Waals surface area contributed by atoms with Crippen molar-refractivity contribution in [2.45, 2.75) is 18.6 Å². The van der Waals surface area contributed by atoms with Crippen LogP contribution in [0.25, 0.3) is 0 Å². The topological polar surface area (TPSA) is 35.2 Å². The zero-order valence-electron chi connectivity index (χ0n) is 11.2. The molecule has 5 heteroatoms. The summed E-state index contributed by atoms with van der Waals surface area (Å²) in [5.74, 6) is -0.495. The van der Waals surface area contributed by atoms with Crippen molar-refractivity contribution in [2.24, 2.45) is 5.73 Å². The van der Waals surface area contributed by atoms with Gasteiger partial charge in [-0.1, -0.05) is 41.9 Å². The average molecular weight is 371 g/mol. The van der Waals surface area contributed by atoms with Crippen LogP contribution in [0.5, 0.6) is 0 Å². The van der Waals surface area contributed by atoms with Gasteiger partial charge < -0.3 is 10.5 Å². The van der Waals surface area contributed by atoms with Gasteiger partial charge in [-0.25, -0.2) is 4.39 Å². The van der Waals surface area contributed by atoms with Crippen LogP contribution < -0.4 is 5.73 Å². The first-order valence-corrected chi connectivity index (χ1v) is 7.85. The number of nitrogens with two attached hydrogens (primary N) is 1. The Morgan fingerprint density at radius 2 is 2.05 bits per heavy atom. The summed E-state index contributed by atoms with van der Waals surface area (Å²) in [5.41, 5.74) is 8.86. The fourth-order valence-corrected chi connectivity index (χ4v) is 3.16. The second kappa shape index (κ2) is 6.05. The number of ether oxygens (including phenoxy) is 1. The predicted molar refractivity (Wildman–Crippen MR) is 84.9 cm³/mol. The Balaban J connectivity index is 2.01. The number of hydrogen-bond donors (Lipinski definition) is 1. The summed E-state index contributed by atoms with van der Waals surface area (Å²) >= 11 is 9.15. The van der Waals surface area contributed by atoms with E-state index in [1.165, 1.54) is 5.56 Å². The highest BCUT2D eigenvalue weighted by molar-refractivity contribution is 9.10. The molecular formula is C16H14BrClFNO. The van der Waals surface area contributed by atoms with Gasteiger partial charge in [-0.05, 0) is 39.5 Å². The van der Waals surface area contributed by atoms with Gasteiger partial charge in [0.1, 0.15) is 11.9 Å². The minimum atomic E-state index is -0.600. The fourth-order valence-electron chi connectivity index (χ4n) is 2.68. The van der Waals surface area contributed by atoms with Crippen molar-refractivity contribution in [2.75, 3.05) is 6.61 Å². The van der Waals surface area contributed by atoms with Crippen molar-refractivity contribution in [3.63, 3.8) is 0 Å². The molecule has 2 N–H and O–H groups in total. The molecule has 0 fully saturated rings. The molecule has 3 rings (SSSR count). The quantitative estimate of drug-likeness (QED) is 0.787. The normalized spacial score (nSPS) is 19.1. The van der Waals surface area contributed by atoms with Crippen LogP contribution in [-0.4, -0.2) is 6.61 Å². The van der Waals surface area contributed by atoms with Crippen LogP contribution in [0.1, 0.15) is 28.8 Å². The maximum Gasteiger partial charge on any atom is 0.147 e. The number of benzene rings is 2. The molecule has 1 heterocycles. The first kappa shape index (κ1) is 15.0. The molecule has 0 bridgehead atoms. The molecule has 2 nitrogen and oxygen atoms in total. The molecule has 2 aromatic carbocycles. The third kappa shape index (κ3) is 2.73. The zero-order chi connectivity index (χ0) is 15.0. The summed E-state index contributed by atoms with van der Waals surface area (Å²) < 4.78 is 20.7. The molecule has 110 valence electrons. The molecule has 1 aliphatic rings. The summed E-state index contributed by atoms with van der Waals surface area (Å²) in [6, 6.07) is 10.7. The van der Waals surface area contributed by atoms with Crippen LogP contribution in [0.4, 0.5) is 4.39 Å². The smallest absolute Gasteiger partial charge is 0.147 e. The molecule has 0 aromatic heterocycles. The Labute approximate surface area is 136 Å². The van der Waals surface area contributed by atoms with E-state index >= 15 is 0 Å². The first-order valence-electron chi connectivity index (χ1n) is 6.68. The lowest BCUT2D eigenvalue weighted by molar-refractivity contribution is 0.0234. The largest absolute Gasteiger partial charge is 0.371 e. The van der Waals surface area contributed by atoms with Gasteiger partial charge >= 0.3 is 0 Å². The van der Waals surface area contributed by atoms with Crippen LogP contribution in [0.3, 0.4) is 0 Å². The highest BCUT2D eigenvalue weighted by Crippen LogP contribution is 2.38. The molecule has 0 radical (unpaired) electrons. The Morgan fingerprint density at radius 1 is 1.29 bits per heavy atom. The Kier molecular flexibility index (Phi) is 4.31. The lowest BCUT2D eigenvalue weighted by atomic mass is 9.90. The van der Waals surface area contributed by atoms with E-state index in [2.05, 4.69) is 22.0 Å². The zero-order valence-corrected chi connectivity index (χ0v) is 13.5. The van der Waals surface area contributed by atoms with Gasteiger partial charge in [-0.3, -0.25) is 0 Å². The molecule has 0 amide bonds. The maximum atomic E-state index is 14.3. The number of rotatable bonds is 2. The van der Waals surface area contributed by atoms with Crippen LogP contribution in [0, 0.1) is 5.82 Å². The van der Waals surface area contributed by atoms with Crippen molar-refractivity contribution >= 4 is 27.5 Å². The van der Waals surface area contributed by atoms with E-state index in [1.54, 1.807) is 12.1 Å². The van der Waals surface area contributed by atoms with Gasteiger partial charge in [0.25, 0.3) is 0 Å². The number of hydrogen-bond acceptors (Lipinski definition) is 2. The van der Waals surface area contributed by atoms with E-state index in [-0.39, 0.29) is 11.1 Å². The summed E-state index contributed by atoms with van der Waals surface area (Å²) in [4.78, 5) is 0. The van der Waals surface area contributed by atoms with E-state index in [0.29, 0.717) is 16.6 Å².